The lowest BCUT2D eigenvalue weighted by molar-refractivity contribution is -0.344. The van der Waals surface area contributed by atoms with Crippen LogP contribution in [-0.4, -0.2) is 44.5 Å². The van der Waals surface area contributed by atoms with Gasteiger partial charge in [-0.1, -0.05) is 25.5 Å². The van der Waals surface area contributed by atoms with Crippen LogP contribution in [0.2, 0.25) is 0 Å². The largest absolute Gasteiger partial charge is 0.534 e. The van der Waals surface area contributed by atoms with Crippen molar-refractivity contribution in [2.24, 2.45) is 0 Å². The summed E-state index contributed by atoms with van der Waals surface area (Å²) in [4.78, 5) is 11.7. The summed E-state index contributed by atoms with van der Waals surface area (Å²) in [7, 11) is -6.79. The smallest absolute Gasteiger partial charge is 0.462 e. The minimum atomic E-state index is -6.86. The molecular weight excluding hydrogens is 518 g/mol. The van der Waals surface area contributed by atoms with Gasteiger partial charge >= 0.3 is 39.6 Å². The summed E-state index contributed by atoms with van der Waals surface area (Å²) in [6.07, 6.45) is -8.91. The van der Waals surface area contributed by atoms with Gasteiger partial charge in [-0.25, -0.2) is 4.79 Å². The van der Waals surface area contributed by atoms with Crippen molar-refractivity contribution in [3.05, 3.63) is 41.0 Å². The molecule has 0 radical (unpaired) electrons. The topological polar surface area (TPSA) is 69.7 Å². The van der Waals surface area contributed by atoms with Crippen molar-refractivity contribution < 1.29 is 66.0 Å². The second kappa shape index (κ2) is 10.00. The quantitative estimate of drug-likeness (QED) is 0.126. The van der Waals surface area contributed by atoms with Crippen LogP contribution in [0, 0.1) is 0 Å². The van der Waals surface area contributed by atoms with Crippen LogP contribution in [0.25, 0.3) is 5.76 Å². The standard InChI is InChI=1S/C18H16F10O5S/c1-3-5-12(15(19,20)16(21,22)17(23,24)25)13(33-34(30,31)18(26,27)28)10-6-8-11(9-7-10)14(29)32-4-2/h6-9H,3-5H2,1-2H3/b13-12+. The summed E-state index contributed by atoms with van der Waals surface area (Å²) < 4.78 is 164. The molecule has 0 aliphatic carbocycles. The fraction of sp³-hybridized carbons (Fsp3) is 0.500. The highest BCUT2D eigenvalue weighted by atomic mass is 32.2. The normalized spacial score (nSPS) is 14.5. The molecule has 0 amide bonds. The van der Waals surface area contributed by atoms with Gasteiger partial charge in [-0.15, -0.1) is 0 Å². The molecule has 1 rings (SSSR count). The zero-order chi connectivity index (χ0) is 26.8. The van der Waals surface area contributed by atoms with Crippen LogP contribution in [0.15, 0.2) is 29.8 Å². The number of halogens is 10. The number of rotatable bonds is 9. The van der Waals surface area contributed by atoms with Crippen molar-refractivity contribution in [2.75, 3.05) is 6.61 Å². The van der Waals surface area contributed by atoms with Crippen LogP contribution in [-0.2, 0) is 19.0 Å². The summed E-state index contributed by atoms with van der Waals surface area (Å²) in [5.41, 5.74) is -9.98. The first kappa shape index (κ1) is 29.5. The maximum absolute atomic E-state index is 14.5. The van der Waals surface area contributed by atoms with E-state index in [1.165, 1.54) is 6.92 Å². The minimum absolute atomic E-state index is 0.127. The molecule has 0 bridgehead atoms. The zero-order valence-electron chi connectivity index (χ0n) is 17.2. The molecule has 0 fully saturated rings. The number of carbonyl (C=O) groups is 1. The number of allylic oxidation sites excluding steroid dienone is 1. The van der Waals surface area contributed by atoms with E-state index in [-0.39, 0.29) is 12.2 Å². The van der Waals surface area contributed by atoms with Crippen LogP contribution in [0.3, 0.4) is 0 Å². The minimum Gasteiger partial charge on any atom is -0.462 e. The molecule has 0 aromatic heterocycles. The molecule has 0 saturated carbocycles. The number of hydrogen-bond donors (Lipinski definition) is 0. The maximum Gasteiger partial charge on any atom is 0.534 e. The van der Waals surface area contributed by atoms with Gasteiger partial charge in [0.2, 0.25) is 0 Å². The van der Waals surface area contributed by atoms with Gasteiger partial charge in [0, 0.05) is 11.1 Å². The van der Waals surface area contributed by atoms with Gasteiger partial charge in [0.05, 0.1) is 12.2 Å². The zero-order valence-corrected chi connectivity index (χ0v) is 18.0. The molecule has 0 atom stereocenters. The van der Waals surface area contributed by atoms with E-state index in [1.54, 1.807) is 0 Å². The average molecular weight is 534 g/mol. The fourth-order valence-electron chi connectivity index (χ4n) is 2.43. The molecule has 0 saturated heterocycles. The summed E-state index contributed by atoms with van der Waals surface area (Å²) >= 11 is 0. The number of carbonyl (C=O) groups excluding carboxylic acids is 1. The molecule has 0 aliphatic rings. The Balaban J connectivity index is 3.94. The SMILES string of the molecule is CCC/C(=C(\OS(=O)(=O)C(F)(F)F)c1ccc(C(=O)OCC)cc1)C(F)(F)C(F)(F)C(F)(F)F. The van der Waals surface area contributed by atoms with Crippen molar-refractivity contribution in [1.29, 1.82) is 0 Å². The highest BCUT2D eigenvalue weighted by Gasteiger charge is 2.74. The Hall–Kier alpha value is -2.52. The van der Waals surface area contributed by atoms with Crippen molar-refractivity contribution in [3.8, 4) is 0 Å². The van der Waals surface area contributed by atoms with Crippen LogP contribution in [0.1, 0.15) is 42.6 Å². The first-order valence-corrected chi connectivity index (χ1v) is 10.5. The first-order chi connectivity index (χ1) is 15.2. The van der Waals surface area contributed by atoms with Gasteiger partial charge < -0.3 is 8.92 Å². The van der Waals surface area contributed by atoms with Crippen molar-refractivity contribution in [1.82, 2.24) is 0 Å². The van der Waals surface area contributed by atoms with Crippen LogP contribution in [0.5, 0.6) is 0 Å². The Morgan fingerprint density at radius 3 is 1.71 bits per heavy atom. The van der Waals surface area contributed by atoms with E-state index >= 15 is 0 Å². The van der Waals surface area contributed by atoms with E-state index in [2.05, 4.69) is 8.92 Å². The lowest BCUT2D eigenvalue weighted by atomic mass is 9.93. The molecule has 16 heteroatoms. The molecular formula is C18H16F10O5S. The maximum atomic E-state index is 14.5. The molecule has 1 aromatic rings. The van der Waals surface area contributed by atoms with Gasteiger partial charge in [0.25, 0.3) is 0 Å². The van der Waals surface area contributed by atoms with Crippen LogP contribution in [0.4, 0.5) is 43.9 Å². The van der Waals surface area contributed by atoms with Crippen molar-refractivity contribution in [2.45, 2.75) is 50.2 Å². The van der Waals surface area contributed by atoms with E-state index in [0.29, 0.717) is 12.1 Å². The Kier molecular flexibility index (Phi) is 8.68. The summed E-state index contributed by atoms with van der Waals surface area (Å²) in [5.74, 6) is -16.1. The lowest BCUT2D eigenvalue weighted by Gasteiger charge is -2.31. The molecule has 0 heterocycles. The Morgan fingerprint density at radius 2 is 1.32 bits per heavy atom. The molecule has 194 valence electrons. The highest BCUT2D eigenvalue weighted by molar-refractivity contribution is 7.87. The second-order valence-electron chi connectivity index (χ2n) is 6.49. The van der Waals surface area contributed by atoms with Gasteiger partial charge in [-0.2, -0.15) is 52.3 Å². The predicted molar refractivity (Wildman–Crippen MR) is 96.2 cm³/mol. The van der Waals surface area contributed by atoms with E-state index in [1.807, 2.05) is 0 Å². The third-order valence-electron chi connectivity index (χ3n) is 4.04. The number of esters is 1. The molecule has 0 aliphatic heterocycles. The van der Waals surface area contributed by atoms with E-state index in [4.69, 9.17) is 0 Å². The molecule has 0 unspecified atom stereocenters. The molecule has 1 aromatic carbocycles. The molecule has 34 heavy (non-hydrogen) atoms. The Morgan fingerprint density at radius 1 is 0.853 bits per heavy atom. The van der Waals surface area contributed by atoms with E-state index in [0.717, 1.165) is 19.1 Å². The van der Waals surface area contributed by atoms with Gasteiger partial charge in [0.15, 0.2) is 5.76 Å². The Bertz CT molecular complexity index is 1010. The second-order valence-corrected chi connectivity index (χ2v) is 8.02. The van der Waals surface area contributed by atoms with E-state index in [9.17, 15) is 57.1 Å². The summed E-state index contributed by atoms with van der Waals surface area (Å²) in [6, 6.07) is 2.48. The van der Waals surface area contributed by atoms with Crippen molar-refractivity contribution in [3.63, 3.8) is 0 Å². The molecule has 5 nitrogen and oxygen atoms in total. The van der Waals surface area contributed by atoms with Crippen LogP contribution < -0.4 is 0 Å². The van der Waals surface area contributed by atoms with Crippen molar-refractivity contribution >= 4 is 21.8 Å². The average Bonchev–Trinajstić information content (AvgIpc) is 2.69. The molecule has 0 N–H and O–H groups in total. The molecule has 0 spiro atoms. The number of alkyl halides is 10. The van der Waals surface area contributed by atoms with Gasteiger partial charge in [0.1, 0.15) is 0 Å². The highest BCUT2D eigenvalue weighted by Crippen LogP contribution is 2.52. The lowest BCUT2D eigenvalue weighted by Crippen LogP contribution is -2.53. The predicted octanol–water partition coefficient (Wildman–Crippen LogP) is 6.07. The third-order valence-corrected chi connectivity index (χ3v) is 4.99. The summed E-state index contributed by atoms with van der Waals surface area (Å²) in [5, 5.41) is 0. The van der Waals surface area contributed by atoms with Gasteiger partial charge in [-0.3, -0.25) is 0 Å². The number of benzene rings is 1. The van der Waals surface area contributed by atoms with E-state index < -0.39 is 69.4 Å². The Labute approximate surface area is 186 Å². The fourth-order valence-corrected chi connectivity index (χ4v) is 2.94. The number of ether oxygens (including phenoxy) is 1. The number of hydrogen-bond acceptors (Lipinski definition) is 5. The summed E-state index contributed by atoms with van der Waals surface area (Å²) in [6.45, 7) is 2.28. The monoisotopic (exact) mass is 534 g/mol. The third kappa shape index (κ3) is 5.93. The van der Waals surface area contributed by atoms with Crippen LogP contribution >= 0.6 is 0 Å². The first-order valence-electron chi connectivity index (χ1n) is 9.08. The van der Waals surface area contributed by atoms with Gasteiger partial charge in [-0.05, 0) is 25.5 Å².